The molecule has 0 amide bonds. The molecule has 0 aromatic heterocycles. The summed E-state index contributed by atoms with van der Waals surface area (Å²) in [7, 11) is 0. The van der Waals surface area contributed by atoms with E-state index in [1.807, 2.05) is 0 Å². The second-order valence-corrected chi connectivity index (χ2v) is 15.6. The average Bonchev–Trinajstić information content (AvgIpc) is 4.10. The third kappa shape index (κ3) is 7.76. The summed E-state index contributed by atoms with van der Waals surface area (Å²) in [5.74, 6) is 1.78. The Kier molecular flexibility index (Phi) is 10.6. The van der Waals surface area contributed by atoms with E-state index in [9.17, 15) is 0 Å². The van der Waals surface area contributed by atoms with Gasteiger partial charge in [-0.1, -0.05) is 182 Å². The standard InChI is InChI=1S/C54H45N3O3/c1-7-19-37(20-8-1)31-43-34-58-52(55-43)49-46(40-25-13-4-14-26-40)50(53-56-44(35-59-53)32-38-21-9-2-10-22-38)48(42-29-17-6-18-30-42)51(47(49)41-27-15-5-16-28-41)54-57-45(36-60-54)33-39-23-11-3-12-24-39/h1-30,43-45H,31-36H2/t43-,44-,45-/m0/s1. The minimum atomic E-state index is -0.0685. The molecule has 3 aliphatic heterocycles. The molecule has 10 rings (SSSR count). The van der Waals surface area contributed by atoms with E-state index < -0.39 is 0 Å². The highest BCUT2D eigenvalue weighted by Crippen LogP contribution is 2.48. The Bertz CT molecular complexity index is 2350. The van der Waals surface area contributed by atoms with Crippen molar-refractivity contribution in [1.82, 2.24) is 0 Å². The lowest BCUT2D eigenvalue weighted by molar-refractivity contribution is 0.315. The summed E-state index contributed by atoms with van der Waals surface area (Å²) in [6.45, 7) is 1.39. The van der Waals surface area contributed by atoms with Crippen molar-refractivity contribution >= 4 is 17.7 Å². The Morgan fingerprint density at radius 2 is 0.533 bits per heavy atom. The number of ether oxygens (including phenoxy) is 3. The summed E-state index contributed by atoms with van der Waals surface area (Å²) in [6.07, 6.45) is 2.30. The minimum Gasteiger partial charge on any atom is -0.475 e. The second-order valence-electron chi connectivity index (χ2n) is 15.6. The van der Waals surface area contributed by atoms with Crippen LogP contribution in [-0.2, 0) is 33.5 Å². The first-order valence-corrected chi connectivity index (χ1v) is 20.9. The Morgan fingerprint density at radius 1 is 0.300 bits per heavy atom. The first-order valence-electron chi connectivity index (χ1n) is 20.9. The van der Waals surface area contributed by atoms with Gasteiger partial charge >= 0.3 is 0 Å². The first-order chi connectivity index (χ1) is 29.7. The average molecular weight is 784 g/mol. The van der Waals surface area contributed by atoms with Gasteiger partial charge < -0.3 is 14.2 Å². The van der Waals surface area contributed by atoms with Crippen LogP contribution in [0.15, 0.2) is 197 Å². The number of rotatable bonds is 12. The van der Waals surface area contributed by atoms with Crippen LogP contribution in [0.2, 0.25) is 0 Å². The van der Waals surface area contributed by atoms with Crippen molar-refractivity contribution in [2.24, 2.45) is 15.0 Å². The maximum absolute atomic E-state index is 6.82. The van der Waals surface area contributed by atoms with E-state index >= 15 is 0 Å². The van der Waals surface area contributed by atoms with Crippen LogP contribution in [0.4, 0.5) is 0 Å². The molecule has 60 heavy (non-hydrogen) atoms. The van der Waals surface area contributed by atoms with E-state index in [-0.39, 0.29) is 18.1 Å². The highest BCUT2D eigenvalue weighted by atomic mass is 16.5. The van der Waals surface area contributed by atoms with Crippen molar-refractivity contribution in [3.05, 3.63) is 215 Å². The summed E-state index contributed by atoms with van der Waals surface area (Å²) < 4.78 is 20.5. The van der Waals surface area contributed by atoms with Gasteiger partial charge in [-0.3, -0.25) is 0 Å². The largest absolute Gasteiger partial charge is 0.475 e. The van der Waals surface area contributed by atoms with Crippen LogP contribution in [-0.4, -0.2) is 55.6 Å². The second kappa shape index (κ2) is 17.0. The lowest BCUT2D eigenvalue weighted by atomic mass is 9.78. The van der Waals surface area contributed by atoms with Gasteiger partial charge in [0.1, 0.15) is 19.8 Å². The van der Waals surface area contributed by atoms with Crippen molar-refractivity contribution < 1.29 is 14.2 Å². The fourth-order valence-corrected chi connectivity index (χ4v) is 8.70. The lowest BCUT2D eigenvalue weighted by Crippen LogP contribution is -2.19. The van der Waals surface area contributed by atoms with E-state index in [0.717, 1.165) is 69.3 Å². The number of benzene rings is 7. The molecule has 294 valence electrons. The predicted octanol–water partition coefficient (Wildman–Crippen LogP) is 10.9. The number of aliphatic imine (C=N–C) groups is 3. The van der Waals surface area contributed by atoms with Crippen molar-refractivity contribution in [3.63, 3.8) is 0 Å². The molecule has 0 spiro atoms. The Hall–Kier alpha value is -7.05. The number of nitrogens with zero attached hydrogens (tertiary/aromatic N) is 3. The maximum atomic E-state index is 6.82. The SMILES string of the molecule is c1ccc(C[C@H]2COC(c3c(-c4ccccc4)c(C4=N[C@@H](Cc5ccccc5)CO4)c(-c4ccccc4)c(C4=N[C@@H](Cc5ccccc5)CO4)c3-c3ccccc3)=N2)cc1. The maximum Gasteiger partial charge on any atom is 0.217 e. The highest BCUT2D eigenvalue weighted by molar-refractivity contribution is 6.23. The van der Waals surface area contributed by atoms with Gasteiger partial charge in [-0.05, 0) is 52.6 Å². The van der Waals surface area contributed by atoms with Crippen molar-refractivity contribution in [2.45, 2.75) is 37.4 Å². The molecule has 0 saturated heterocycles. The van der Waals surface area contributed by atoms with Crippen LogP contribution in [0, 0.1) is 0 Å². The van der Waals surface area contributed by atoms with Gasteiger partial charge in [-0.25, -0.2) is 15.0 Å². The zero-order chi connectivity index (χ0) is 40.1. The molecule has 0 radical (unpaired) electrons. The van der Waals surface area contributed by atoms with Gasteiger partial charge in [0.15, 0.2) is 0 Å². The van der Waals surface area contributed by atoms with Gasteiger partial charge in [0, 0.05) is 16.7 Å². The summed E-state index contributed by atoms with van der Waals surface area (Å²) >= 11 is 0. The monoisotopic (exact) mass is 783 g/mol. The lowest BCUT2D eigenvalue weighted by Gasteiger charge is -2.26. The molecular formula is C54H45N3O3. The Balaban J connectivity index is 1.28. The molecule has 7 aromatic rings. The smallest absolute Gasteiger partial charge is 0.217 e. The van der Waals surface area contributed by atoms with Crippen LogP contribution in [0.1, 0.15) is 33.4 Å². The van der Waals surface area contributed by atoms with Crippen LogP contribution >= 0.6 is 0 Å². The predicted molar refractivity (Wildman–Crippen MR) is 242 cm³/mol. The molecule has 0 fully saturated rings. The molecule has 0 N–H and O–H groups in total. The van der Waals surface area contributed by atoms with Gasteiger partial charge in [-0.15, -0.1) is 0 Å². The topological polar surface area (TPSA) is 64.8 Å². The van der Waals surface area contributed by atoms with Crippen LogP contribution in [0.3, 0.4) is 0 Å². The molecular weight excluding hydrogens is 739 g/mol. The molecule has 0 bridgehead atoms. The number of hydrogen-bond acceptors (Lipinski definition) is 6. The zero-order valence-electron chi connectivity index (χ0n) is 33.4. The molecule has 0 aliphatic carbocycles. The van der Waals surface area contributed by atoms with Gasteiger partial charge in [0.05, 0.1) is 34.8 Å². The van der Waals surface area contributed by atoms with Crippen LogP contribution in [0.25, 0.3) is 33.4 Å². The Labute approximate surface area is 351 Å². The number of hydrogen-bond donors (Lipinski definition) is 0. The van der Waals surface area contributed by atoms with Crippen molar-refractivity contribution in [3.8, 4) is 33.4 Å². The third-order valence-electron chi connectivity index (χ3n) is 11.4. The van der Waals surface area contributed by atoms with E-state index in [0.29, 0.717) is 37.5 Å². The summed E-state index contributed by atoms with van der Waals surface area (Å²) in [5, 5.41) is 0. The summed E-state index contributed by atoms with van der Waals surface area (Å²) in [5.41, 5.74) is 12.2. The quantitative estimate of drug-likeness (QED) is 0.124. The Morgan fingerprint density at radius 3 is 0.783 bits per heavy atom. The highest BCUT2D eigenvalue weighted by Gasteiger charge is 2.38. The molecule has 3 aliphatic rings. The van der Waals surface area contributed by atoms with E-state index in [2.05, 4.69) is 182 Å². The molecule has 6 heteroatoms. The summed E-state index contributed by atoms with van der Waals surface area (Å²) in [4.78, 5) is 16.3. The van der Waals surface area contributed by atoms with Crippen LogP contribution < -0.4 is 0 Å². The minimum absolute atomic E-state index is 0.0685. The molecule has 7 aromatic carbocycles. The van der Waals surface area contributed by atoms with E-state index in [1.165, 1.54) is 16.7 Å². The normalized spacial score (nSPS) is 18.2. The zero-order valence-corrected chi connectivity index (χ0v) is 33.4. The fourth-order valence-electron chi connectivity index (χ4n) is 8.70. The third-order valence-corrected chi connectivity index (χ3v) is 11.4. The van der Waals surface area contributed by atoms with Crippen LogP contribution in [0.5, 0.6) is 0 Å². The molecule has 3 heterocycles. The molecule has 3 atom stereocenters. The van der Waals surface area contributed by atoms with Gasteiger partial charge in [-0.2, -0.15) is 0 Å². The molecule has 0 saturated carbocycles. The first kappa shape index (κ1) is 37.2. The van der Waals surface area contributed by atoms with Crippen molar-refractivity contribution in [2.75, 3.05) is 19.8 Å². The van der Waals surface area contributed by atoms with E-state index in [4.69, 9.17) is 29.2 Å². The van der Waals surface area contributed by atoms with Gasteiger partial charge in [0.2, 0.25) is 17.7 Å². The fraction of sp³-hybridized carbons (Fsp3) is 0.167. The molecule has 6 nitrogen and oxygen atoms in total. The van der Waals surface area contributed by atoms with Gasteiger partial charge in [0.25, 0.3) is 0 Å². The van der Waals surface area contributed by atoms with Crippen molar-refractivity contribution in [1.29, 1.82) is 0 Å². The van der Waals surface area contributed by atoms with E-state index in [1.54, 1.807) is 0 Å². The summed E-state index contributed by atoms with van der Waals surface area (Å²) in [6, 6.07) is 63.1. The molecule has 0 unspecified atom stereocenters.